The van der Waals surface area contributed by atoms with Gasteiger partial charge in [-0.3, -0.25) is 5.23 Å². The zero-order valence-electron chi connectivity index (χ0n) is 6.54. The second-order valence-electron chi connectivity index (χ2n) is 2.39. The first-order valence-corrected chi connectivity index (χ1v) is 3.42. The molecule has 0 radical (unpaired) electrons. The highest BCUT2D eigenvalue weighted by Crippen LogP contribution is 1.94. The van der Waals surface area contributed by atoms with E-state index in [2.05, 4.69) is 4.84 Å². The molecule has 0 aromatic carbocycles. The first-order valence-electron chi connectivity index (χ1n) is 3.42. The molecule has 4 heteroatoms. The van der Waals surface area contributed by atoms with Crippen molar-refractivity contribution < 1.29 is 4.84 Å². The van der Waals surface area contributed by atoms with Gasteiger partial charge in [0, 0.05) is 6.04 Å². The molecule has 0 saturated heterocycles. The molecule has 0 rings (SSSR count). The Morgan fingerprint density at radius 1 is 1.70 bits per heavy atom. The summed E-state index contributed by atoms with van der Waals surface area (Å²) in [6, 6.07) is 0.195. The highest BCUT2D eigenvalue weighted by Gasteiger charge is 1.92. The molecule has 0 saturated carbocycles. The molecule has 0 aliphatic rings. The lowest BCUT2D eigenvalue weighted by Crippen LogP contribution is -2.17. The predicted molar refractivity (Wildman–Crippen MR) is 40.0 cm³/mol. The fourth-order valence-electron chi connectivity index (χ4n) is 0.598. The van der Waals surface area contributed by atoms with Crippen molar-refractivity contribution in [3.8, 4) is 0 Å². The third-order valence-corrected chi connectivity index (χ3v) is 1.08. The first-order chi connectivity index (χ1) is 4.63. The van der Waals surface area contributed by atoms with Gasteiger partial charge in [-0.15, -0.1) is 0 Å². The topological polar surface area (TPSA) is 61.5 Å². The maximum Gasteiger partial charge on any atom is 0.0673 e. The largest absolute Gasteiger partial charge is 0.762 e. The highest BCUT2D eigenvalue weighted by molar-refractivity contribution is 4.51. The van der Waals surface area contributed by atoms with Crippen molar-refractivity contribution in [1.82, 2.24) is 5.23 Å². The molecule has 0 bridgehead atoms. The van der Waals surface area contributed by atoms with Crippen LogP contribution in [-0.2, 0) is 4.84 Å². The Morgan fingerprint density at radius 2 is 2.30 bits per heavy atom. The smallest absolute Gasteiger partial charge is 0.0673 e. The lowest BCUT2D eigenvalue weighted by atomic mass is 10.2. The zero-order chi connectivity index (χ0) is 7.98. The summed E-state index contributed by atoms with van der Waals surface area (Å²) < 4.78 is 0. The quantitative estimate of drug-likeness (QED) is 0.453. The van der Waals surface area contributed by atoms with Gasteiger partial charge in [0.25, 0.3) is 0 Å². The Morgan fingerprint density at radius 3 is 2.70 bits per heavy atom. The second kappa shape index (κ2) is 5.61. The van der Waals surface area contributed by atoms with Gasteiger partial charge in [-0.25, -0.2) is 0 Å². The maximum atomic E-state index is 10.2. The normalized spacial score (nSPS) is 14.1. The fourth-order valence-corrected chi connectivity index (χ4v) is 0.598. The van der Waals surface area contributed by atoms with Gasteiger partial charge in [-0.1, -0.05) is 0 Å². The minimum atomic E-state index is 0.195. The molecule has 0 heterocycles. The molecule has 10 heavy (non-hydrogen) atoms. The Bertz CT molecular complexity index is 66.1. The number of hydrogen-bond acceptors (Lipinski definition) is 4. The molecule has 0 aliphatic heterocycles. The van der Waals surface area contributed by atoms with Gasteiger partial charge in [-0.2, -0.15) is 0 Å². The number of hydrogen-bond donors (Lipinski definition) is 1. The summed E-state index contributed by atoms with van der Waals surface area (Å²) in [6.07, 6.45) is 1.73. The summed E-state index contributed by atoms with van der Waals surface area (Å²) >= 11 is 0. The molecule has 0 aromatic heterocycles. The van der Waals surface area contributed by atoms with Crippen molar-refractivity contribution in [3.05, 3.63) is 5.21 Å². The lowest BCUT2D eigenvalue weighted by Gasteiger charge is -2.20. The standard InChI is InChI=1S/C6H15N2O2/c1-6(7)4-3-5-10-8(2)9/h6H,3-5,7H2,1-2H3/q-1. The Labute approximate surface area is 61.5 Å². The van der Waals surface area contributed by atoms with Gasteiger partial charge in [0.05, 0.1) is 6.61 Å². The van der Waals surface area contributed by atoms with Crippen LogP contribution in [0.3, 0.4) is 0 Å². The maximum absolute atomic E-state index is 10.2. The molecule has 2 N–H and O–H groups in total. The minimum absolute atomic E-state index is 0.195. The third kappa shape index (κ3) is 7.84. The summed E-state index contributed by atoms with van der Waals surface area (Å²) in [4.78, 5) is 4.61. The van der Waals surface area contributed by atoms with E-state index in [0.717, 1.165) is 12.8 Å². The lowest BCUT2D eigenvalue weighted by molar-refractivity contribution is -0.101. The Kier molecular flexibility index (Phi) is 5.52. The van der Waals surface area contributed by atoms with Crippen LogP contribution in [0.5, 0.6) is 0 Å². The fraction of sp³-hybridized carbons (Fsp3) is 1.00. The zero-order valence-corrected chi connectivity index (χ0v) is 6.54. The van der Waals surface area contributed by atoms with Crippen LogP contribution in [0.4, 0.5) is 0 Å². The predicted octanol–water partition coefficient (Wildman–Crippen LogP) is 0.475. The summed E-state index contributed by atoms with van der Waals surface area (Å²) in [5.41, 5.74) is 5.46. The summed E-state index contributed by atoms with van der Waals surface area (Å²) in [7, 11) is 1.33. The van der Waals surface area contributed by atoms with Gasteiger partial charge in [-0.05, 0) is 26.8 Å². The van der Waals surface area contributed by atoms with Gasteiger partial charge < -0.3 is 15.8 Å². The van der Waals surface area contributed by atoms with Crippen LogP contribution in [0, 0.1) is 5.21 Å². The van der Waals surface area contributed by atoms with Gasteiger partial charge in [0.2, 0.25) is 0 Å². The first kappa shape index (κ1) is 9.84. The van der Waals surface area contributed by atoms with Crippen LogP contribution in [0.15, 0.2) is 0 Å². The second-order valence-corrected chi connectivity index (χ2v) is 2.39. The minimum Gasteiger partial charge on any atom is -0.762 e. The number of nitrogens with zero attached hydrogens (tertiary/aromatic N) is 1. The Hall–Kier alpha value is -0.160. The van der Waals surface area contributed by atoms with E-state index in [9.17, 15) is 5.21 Å². The average molecular weight is 147 g/mol. The molecule has 0 aromatic rings. The van der Waals surface area contributed by atoms with Crippen molar-refractivity contribution in [2.24, 2.45) is 5.73 Å². The molecule has 1 unspecified atom stereocenters. The van der Waals surface area contributed by atoms with E-state index >= 15 is 0 Å². The molecule has 1 atom stereocenters. The van der Waals surface area contributed by atoms with Crippen molar-refractivity contribution >= 4 is 0 Å². The van der Waals surface area contributed by atoms with Crippen LogP contribution in [0.25, 0.3) is 0 Å². The molecule has 4 nitrogen and oxygen atoms in total. The average Bonchev–Trinajstić information content (AvgIpc) is 1.79. The van der Waals surface area contributed by atoms with E-state index in [1.54, 1.807) is 0 Å². The van der Waals surface area contributed by atoms with Crippen molar-refractivity contribution in [2.75, 3.05) is 13.7 Å². The van der Waals surface area contributed by atoms with E-state index in [0.29, 0.717) is 11.8 Å². The van der Waals surface area contributed by atoms with E-state index in [1.165, 1.54) is 7.05 Å². The van der Waals surface area contributed by atoms with E-state index in [4.69, 9.17) is 5.73 Å². The van der Waals surface area contributed by atoms with Gasteiger partial charge in [0.15, 0.2) is 0 Å². The third-order valence-electron chi connectivity index (χ3n) is 1.08. The highest BCUT2D eigenvalue weighted by atomic mass is 16.9. The van der Waals surface area contributed by atoms with Crippen LogP contribution >= 0.6 is 0 Å². The molecular formula is C6H15N2O2-. The van der Waals surface area contributed by atoms with E-state index < -0.39 is 0 Å². The molecule has 0 fully saturated rings. The van der Waals surface area contributed by atoms with Gasteiger partial charge in [0.1, 0.15) is 0 Å². The monoisotopic (exact) mass is 147 g/mol. The summed E-state index contributed by atoms with van der Waals surface area (Å²) in [5, 5.41) is 10.6. The molecular weight excluding hydrogens is 132 g/mol. The molecule has 0 aliphatic carbocycles. The van der Waals surface area contributed by atoms with Crippen molar-refractivity contribution in [3.63, 3.8) is 0 Å². The number of rotatable bonds is 5. The molecule has 62 valence electrons. The van der Waals surface area contributed by atoms with Crippen LogP contribution < -0.4 is 5.73 Å². The SMILES string of the molecule is CC(N)CCCON(C)[O-]. The van der Waals surface area contributed by atoms with Gasteiger partial charge >= 0.3 is 0 Å². The van der Waals surface area contributed by atoms with E-state index in [-0.39, 0.29) is 6.04 Å². The number of hydroxylamine groups is 2. The van der Waals surface area contributed by atoms with Crippen molar-refractivity contribution in [2.45, 2.75) is 25.8 Å². The summed E-state index contributed by atoms with van der Waals surface area (Å²) in [5.74, 6) is 0. The molecule has 0 amide bonds. The summed E-state index contributed by atoms with van der Waals surface area (Å²) in [6.45, 7) is 2.39. The molecule has 0 spiro atoms. The van der Waals surface area contributed by atoms with Crippen LogP contribution in [0.2, 0.25) is 0 Å². The van der Waals surface area contributed by atoms with E-state index in [1.807, 2.05) is 6.92 Å². The van der Waals surface area contributed by atoms with Crippen molar-refractivity contribution in [1.29, 1.82) is 0 Å². The van der Waals surface area contributed by atoms with Crippen LogP contribution in [0.1, 0.15) is 19.8 Å². The van der Waals surface area contributed by atoms with Crippen LogP contribution in [-0.4, -0.2) is 24.9 Å². The number of nitrogens with two attached hydrogens (primary N) is 1. The Balaban J connectivity index is 2.91.